The van der Waals surface area contributed by atoms with Crippen molar-refractivity contribution in [3.63, 3.8) is 0 Å². The highest BCUT2D eigenvalue weighted by Gasteiger charge is 2.47. The highest BCUT2D eigenvalue weighted by atomic mass is 16.3. The summed E-state index contributed by atoms with van der Waals surface area (Å²) >= 11 is 0. The fraction of sp³-hybridized carbons (Fsp3) is 0.508. The first kappa shape index (κ1) is 53.7. The third-order valence-corrected chi connectivity index (χ3v) is 15.8. The summed E-state index contributed by atoms with van der Waals surface area (Å²) in [6.07, 6.45) is 23.9. The maximum Gasteiger partial charge on any atom is 0.279 e. The number of allylic oxidation sites excluding steroid dienone is 10. The Bertz CT molecular complexity index is 2600. The molecule has 3 aliphatic carbocycles. The molecular formula is C65H91BN2O. The van der Waals surface area contributed by atoms with E-state index in [1.807, 2.05) is 0 Å². The Morgan fingerprint density at radius 2 is 1.58 bits per heavy atom. The molecule has 370 valence electrons. The molecule has 4 unspecified atom stereocenters. The first-order chi connectivity index (χ1) is 32.0. The van der Waals surface area contributed by atoms with Crippen LogP contribution in [0.5, 0.6) is 0 Å². The van der Waals surface area contributed by atoms with Gasteiger partial charge in [-0.05, 0) is 135 Å². The molecule has 6 rings (SSSR count). The van der Waals surface area contributed by atoms with E-state index in [2.05, 4.69) is 252 Å². The molecule has 0 spiro atoms. The third-order valence-electron chi connectivity index (χ3n) is 15.8. The van der Waals surface area contributed by atoms with Gasteiger partial charge in [-0.25, -0.2) is 0 Å². The smallest absolute Gasteiger partial charge is 0.279 e. The molecule has 0 saturated heterocycles. The van der Waals surface area contributed by atoms with Gasteiger partial charge in [0, 0.05) is 33.8 Å². The minimum absolute atomic E-state index is 0.00566. The molecule has 3 nitrogen and oxygen atoms in total. The van der Waals surface area contributed by atoms with Gasteiger partial charge in [-0.2, -0.15) is 0 Å². The summed E-state index contributed by atoms with van der Waals surface area (Å²) in [7, 11) is 0. The van der Waals surface area contributed by atoms with Crippen LogP contribution in [-0.4, -0.2) is 12.8 Å². The first-order valence-electron chi connectivity index (χ1n) is 26.4. The van der Waals surface area contributed by atoms with E-state index in [9.17, 15) is 0 Å². The molecule has 0 saturated carbocycles. The lowest BCUT2D eigenvalue weighted by Crippen LogP contribution is -2.43. The summed E-state index contributed by atoms with van der Waals surface area (Å²) in [6.45, 7) is 51.1. The lowest BCUT2D eigenvalue weighted by atomic mass is 9.41. The second-order valence-electron chi connectivity index (χ2n) is 26.5. The zero-order valence-corrected chi connectivity index (χ0v) is 46.6. The normalized spacial score (nSPS) is 20.7. The van der Waals surface area contributed by atoms with Gasteiger partial charge in [0.25, 0.3) is 6.71 Å². The maximum absolute atomic E-state index is 7.06. The van der Waals surface area contributed by atoms with E-state index in [-0.39, 0.29) is 45.2 Å². The Morgan fingerprint density at radius 1 is 0.899 bits per heavy atom. The Morgan fingerprint density at radius 3 is 2.19 bits per heavy atom. The van der Waals surface area contributed by atoms with Crippen molar-refractivity contribution in [1.82, 2.24) is 10.6 Å². The predicted molar refractivity (Wildman–Crippen MR) is 304 cm³/mol. The number of unbranched alkanes of at least 4 members (excludes halogenated alkanes) is 1. The summed E-state index contributed by atoms with van der Waals surface area (Å²) < 4.78 is 7.06. The molecule has 69 heavy (non-hydrogen) atoms. The summed E-state index contributed by atoms with van der Waals surface area (Å²) in [5.74, 6) is 3.54. The number of nitrogens with one attached hydrogen (secondary N) is 2. The van der Waals surface area contributed by atoms with Crippen molar-refractivity contribution in [2.24, 2.45) is 39.4 Å². The number of hydrogen-bond acceptors (Lipinski definition) is 3. The standard InChI is InChI=1S/C65H91BN2O/c1-21-23-36-64(17,18)45(22-2)27-26-37-66(57-40-44-39-46(60(5,6)7)30-35-56(44)69-57)53(42-67-47-31-32-50(61(8,9)10)52(41-47)63(14,15)16)55(38-43(3)4)68-54-34-33-51(62(11,12)13)59-58(54)48-28-24-25-29-49(48)65(59,19)20/h22,24-32,34-35,37,39-42,50-52,55,67-68H,2-3,21,23,33,36,38H2,1,4-20H3/b37-26+,45-27+,53-42-. The van der Waals surface area contributed by atoms with E-state index >= 15 is 0 Å². The lowest BCUT2D eigenvalue weighted by molar-refractivity contribution is 0.140. The lowest BCUT2D eigenvalue weighted by Gasteiger charge is -2.43. The molecule has 1 aromatic heterocycles. The van der Waals surface area contributed by atoms with E-state index < -0.39 is 0 Å². The maximum atomic E-state index is 7.06. The molecule has 0 aliphatic heterocycles. The van der Waals surface area contributed by atoms with E-state index in [4.69, 9.17) is 4.42 Å². The summed E-state index contributed by atoms with van der Waals surface area (Å²) in [4.78, 5) is 0. The first-order valence-corrected chi connectivity index (χ1v) is 26.4. The van der Waals surface area contributed by atoms with Crippen molar-refractivity contribution in [2.45, 2.75) is 174 Å². The number of fused-ring (bicyclic) bond motifs is 3. The quantitative estimate of drug-likeness (QED) is 0.0854. The highest BCUT2D eigenvalue weighted by Crippen LogP contribution is 2.57. The van der Waals surface area contributed by atoms with Gasteiger partial charge in [0.1, 0.15) is 5.58 Å². The van der Waals surface area contributed by atoms with Crippen LogP contribution in [0.4, 0.5) is 0 Å². The van der Waals surface area contributed by atoms with Gasteiger partial charge in [-0.1, -0.05) is 209 Å². The molecule has 4 atom stereocenters. The van der Waals surface area contributed by atoms with Crippen molar-refractivity contribution < 1.29 is 4.42 Å². The molecule has 4 heteroatoms. The Balaban J connectivity index is 1.60. The molecule has 1 heterocycles. The van der Waals surface area contributed by atoms with Gasteiger partial charge in [0.05, 0.1) is 5.66 Å². The van der Waals surface area contributed by atoms with Gasteiger partial charge < -0.3 is 15.1 Å². The predicted octanol–water partition coefficient (Wildman–Crippen LogP) is 17.3. The van der Waals surface area contributed by atoms with Gasteiger partial charge in [0.2, 0.25) is 0 Å². The topological polar surface area (TPSA) is 37.2 Å². The summed E-state index contributed by atoms with van der Waals surface area (Å²) in [5.41, 5.74) is 14.9. The number of benzene rings is 2. The van der Waals surface area contributed by atoms with Crippen LogP contribution < -0.4 is 16.3 Å². The minimum atomic E-state index is -0.234. The van der Waals surface area contributed by atoms with Crippen molar-refractivity contribution in [3.05, 3.63) is 167 Å². The number of hydrogen-bond donors (Lipinski definition) is 2. The van der Waals surface area contributed by atoms with Crippen LogP contribution in [0.25, 0.3) is 16.5 Å². The molecule has 2 N–H and O–H groups in total. The molecule has 0 fully saturated rings. The summed E-state index contributed by atoms with van der Waals surface area (Å²) in [5, 5.41) is 9.40. The van der Waals surface area contributed by atoms with Crippen molar-refractivity contribution >= 4 is 28.9 Å². The number of furan rings is 1. The van der Waals surface area contributed by atoms with Crippen LogP contribution in [0.2, 0.25) is 0 Å². The van der Waals surface area contributed by atoms with Crippen LogP contribution in [0, 0.1) is 39.4 Å². The largest absolute Gasteiger partial charge is 0.470 e. The van der Waals surface area contributed by atoms with Crippen molar-refractivity contribution in [3.8, 4) is 0 Å². The Labute approximate surface area is 421 Å². The molecule has 0 radical (unpaired) electrons. The SMILES string of the molecule is C=C/C(=C\C=C\B(/C(=C\NC1=CC(C(C)(C)C)C(C(C)(C)C)C=C1)C(CC(=C)C)NC1=CCC(C(C)(C)C)C2=C1c1ccccc1C2(C)C)c1cc2cc(C(C)(C)C)ccc2o1)C(C)(C)CCCC. The van der Waals surface area contributed by atoms with E-state index in [0.29, 0.717) is 17.8 Å². The molecule has 3 aromatic rings. The monoisotopic (exact) mass is 927 g/mol. The van der Waals surface area contributed by atoms with Crippen LogP contribution in [0.15, 0.2) is 154 Å². The van der Waals surface area contributed by atoms with E-state index in [0.717, 1.165) is 47.2 Å². The van der Waals surface area contributed by atoms with Gasteiger partial charge >= 0.3 is 0 Å². The zero-order valence-electron chi connectivity index (χ0n) is 46.6. The Hall–Kier alpha value is -4.70. The molecule has 3 aliphatic rings. The zero-order chi connectivity index (χ0) is 51.1. The third kappa shape index (κ3) is 11.9. The van der Waals surface area contributed by atoms with Crippen molar-refractivity contribution in [1.29, 1.82) is 0 Å². The van der Waals surface area contributed by atoms with Crippen LogP contribution >= 0.6 is 0 Å². The summed E-state index contributed by atoms with van der Waals surface area (Å²) in [6, 6.07) is 18.0. The number of rotatable bonds is 16. The fourth-order valence-corrected chi connectivity index (χ4v) is 11.5. The minimum Gasteiger partial charge on any atom is -0.470 e. The van der Waals surface area contributed by atoms with Gasteiger partial charge in [0.15, 0.2) is 0 Å². The van der Waals surface area contributed by atoms with Crippen LogP contribution in [0.1, 0.15) is 173 Å². The average Bonchev–Trinajstić information content (AvgIpc) is 3.78. The average molecular weight is 927 g/mol. The molecule has 0 amide bonds. The second-order valence-corrected chi connectivity index (χ2v) is 26.5. The molecule has 2 aromatic carbocycles. The van der Waals surface area contributed by atoms with Crippen LogP contribution in [-0.2, 0) is 10.8 Å². The van der Waals surface area contributed by atoms with E-state index in [1.165, 1.54) is 51.8 Å². The van der Waals surface area contributed by atoms with Gasteiger partial charge in [-0.15, -0.1) is 12.6 Å². The van der Waals surface area contributed by atoms with Crippen molar-refractivity contribution in [2.75, 3.05) is 0 Å². The van der Waals surface area contributed by atoms with Crippen LogP contribution in [0.3, 0.4) is 0 Å². The molecular weight excluding hydrogens is 836 g/mol. The fourth-order valence-electron chi connectivity index (χ4n) is 11.5. The molecule has 0 bridgehead atoms. The second kappa shape index (κ2) is 20.2. The van der Waals surface area contributed by atoms with Gasteiger partial charge in [-0.3, -0.25) is 0 Å². The highest BCUT2D eigenvalue weighted by molar-refractivity contribution is 6.83. The van der Waals surface area contributed by atoms with E-state index in [1.54, 1.807) is 5.57 Å². The Kier molecular flexibility index (Phi) is 15.7.